The summed E-state index contributed by atoms with van der Waals surface area (Å²) in [6.45, 7) is 0.0914. The SMILES string of the molecule is CN(C)c1ccc(C(=O)N[C@@H]2[C@H]3CC[C@@H](C3)[C@H]2CO)c(F)c1. The molecule has 2 aliphatic carbocycles. The maximum Gasteiger partial charge on any atom is 0.254 e. The molecule has 0 spiro atoms. The smallest absolute Gasteiger partial charge is 0.254 e. The predicted molar refractivity (Wildman–Crippen MR) is 83.4 cm³/mol. The van der Waals surface area contributed by atoms with Crippen LogP contribution in [-0.4, -0.2) is 37.8 Å². The first-order valence-corrected chi connectivity index (χ1v) is 7.90. The van der Waals surface area contributed by atoms with Crippen LogP contribution in [0.5, 0.6) is 0 Å². The van der Waals surface area contributed by atoms with Crippen molar-refractivity contribution in [3.05, 3.63) is 29.6 Å². The topological polar surface area (TPSA) is 52.6 Å². The zero-order valence-corrected chi connectivity index (χ0v) is 13.1. The molecule has 3 rings (SSSR count). The molecule has 1 aromatic carbocycles. The Kier molecular flexibility index (Phi) is 4.08. The van der Waals surface area contributed by atoms with Crippen molar-refractivity contribution in [2.45, 2.75) is 25.3 Å². The minimum absolute atomic E-state index is 0.0239. The van der Waals surface area contributed by atoms with E-state index in [0.717, 1.165) is 24.9 Å². The zero-order valence-electron chi connectivity index (χ0n) is 13.1. The lowest BCUT2D eigenvalue weighted by atomic mass is 9.85. The van der Waals surface area contributed by atoms with Crippen LogP contribution in [-0.2, 0) is 0 Å². The van der Waals surface area contributed by atoms with Gasteiger partial charge < -0.3 is 15.3 Å². The molecule has 1 amide bonds. The first kappa shape index (κ1) is 15.3. The maximum absolute atomic E-state index is 14.2. The summed E-state index contributed by atoms with van der Waals surface area (Å²) in [4.78, 5) is 14.2. The van der Waals surface area contributed by atoms with Gasteiger partial charge in [-0.2, -0.15) is 0 Å². The van der Waals surface area contributed by atoms with Gasteiger partial charge >= 0.3 is 0 Å². The standard InChI is InChI=1S/C17H23FN2O2/c1-20(2)12-5-6-13(15(18)8-12)17(22)19-16-11-4-3-10(7-11)14(16)9-21/h5-6,8,10-11,14,16,21H,3-4,7,9H2,1-2H3,(H,19,22)/t10-,11-,14+,16+/m0/s1. The van der Waals surface area contributed by atoms with E-state index in [2.05, 4.69) is 5.32 Å². The number of halogens is 1. The molecule has 0 radical (unpaired) electrons. The molecule has 2 fully saturated rings. The summed E-state index contributed by atoms with van der Waals surface area (Å²) in [5.74, 6) is 0.162. The highest BCUT2D eigenvalue weighted by atomic mass is 19.1. The molecule has 0 aliphatic heterocycles. The third kappa shape index (κ3) is 2.58. The molecule has 2 N–H and O–H groups in total. The quantitative estimate of drug-likeness (QED) is 0.895. The number of amides is 1. The molecule has 4 nitrogen and oxygen atoms in total. The lowest BCUT2D eigenvalue weighted by Crippen LogP contribution is -2.45. The number of carbonyl (C=O) groups is 1. The fraction of sp³-hybridized carbons (Fsp3) is 0.588. The van der Waals surface area contributed by atoms with Crippen LogP contribution in [0.4, 0.5) is 10.1 Å². The summed E-state index contributed by atoms with van der Waals surface area (Å²) >= 11 is 0. The van der Waals surface area contributed by atoms with E-state index in [-0.39, 0.29) is 30.0 Å². The number of hydrogen-bond acceptors (Lipinski definition) is 3. The maximum atomic E-state index is 14.2. The largest absolute Gasteiger partial charge is 0.396 e. The lowest BCUT2D eigenvalue weighted by molar-refractivity contribution is 0.0857. The van der Waals surface area contributed by atoms with Gasteiger partial charge in [0.2, 0.25) is 0 Å². The van der Waals surface area contributed by atoms with Gasteiger partial charge in [-0.05, 0) is 49.3 Å². The van der Waals surface area contributed by atoms with Crippen molar-refractivity contribution in [3.63, 3.8) is 0 Å². The number of aliphatic hydroxyl groups excluding tert-OH is 1. The molecule has 0 saturated heterocycles. The number of nitrogens with one attached hydrogen (secondary N) is 1. The summed E-state index contributed by atoms with van der Waals surface area (Å²) in [6, 6.07) is 4.62. The van der Waals surface area contributed by atoms with Crippen molar-refractivity contribution in [2.24, 2.45) is 17.8 Å². The van der Waals surface area contributed by atoms with Gasteiger partial charge in [0.1, 0.15) is 5.82 Å². The van der Waals surface area contributed by atoms with Crippen LogP contribution in [0.3, 0.4) is 0 Å². The van der Waals surface area contributed by atoms with E-state index >= 15 is 0 Å². The average molecular weight is 306 g/mol. The van der Waals surface area contributed by atoms with Gasteiger partial charge in [-0.15, -0.1) is 0 Å². The third-order valence-corrected chi connectivity index (χ3v) is 5.31. The second-order valence-electron chi connectivity index (χ2n) is 6.74. The van der Waals surface area contributed by atoms with Crippen LogP contribution >= 0.6 is 0 Å². The van der Waals surface area contributed by atoms with Crippen LogP contribution < -0.4 is 10.2 Å². The highest BCUT2D eigenvalue weighted by molar-refractivity contribution is 5.95. The van der Waals surface area contributed by atoms with Crippen molar-refractivity contribution in [1.29, 1.82) is 0 Å². The van der Waals surface area contributed by atoms with Crippen LogP contribution in [0.2, 0.25) is 0 Å². The molecule has 0 aromatic heterocycles. The zero-order chi connectivity index (χ0) is 15.9. The molecule has 22 heavy (non-hydrogen) atoms. The van der Waals surface area contributed by atoms with E-state index in [1.54, 1.807) is 11.0 Å². The fourth-order valence-corrected chi connectivity index (χ4v) is 4.09. The number of aliphatic hydroxyl groups is 1. The summed E-state index contributed by atoms with van der Waals surface area (Å²) in [5.41, 5.74) is 0.798. The molecule has 0 heterocycles. The normalized spacial score (nSPS) is 29.6. The van der Waals surface area contributed by atoms with E-state index < -0.39 is 5.82 Å². The minimum Gasteiger partial charge on any atom is -0.396 e. The third-order valence-electron chi connectivity index (χ3n) is 5.31. The number of rotatable bonds is 4. The molecular weight excluding hydrogens is 283 g/mol. The molecular formula is C17H23FN2O2. The van der Waals surface area contributed by atoms with Gasteiger partial charge in [0, 0.05) is 38.3 Å². The number of nitrogens with zero attached hydrogens (tertiary/aromatic N) is 1. The van der Waals surface area contributed by atoms with Crippen LogP contribution in [0.25, 0.3) is 0 Å². The second kappa shape index (κ2) is 5.88. The summed E-state index contributed by atoms with van der Waals surface area (Å²) in [5, 5.41) is 12.5. The van der Waals surface area contributed by atoms with Crippen molar-refractivity contribution < 1.29 is 14.3 Å². The van der Waals surface area contributed by atoms with Crippen molar-refractivity contribution in [2.75, 3.05) is 25.6 Å². The van der Waals surface area contributed by atoms with E-state index in [9.17, 15) is 14.3 Å². The van der Waals surface area contributed by atoms with Crippen LogP contribution in [0.1, 0.15) is 29.6 Å². The molecule has 1 aromatic rings. The Morgan fingerprint density at radius 1 is 1.36 bits per heavy atom. The Bertz CT molecular complexity index is 576. The molecule has 4 atom stereocenters. The predicted octanol–water partition coefficient (Wildman–Crippen LogP) is 2.03. The van der Waals surface area contributed by atoms with Gasteiger partial charge in [0.25, 0.3) is 5.91 Å². The fourth-order valence-electron chi connectivity index (χ4n) is 4.09. The Morgan fingerprint density at radius 3 is 2.73 bits per heavy atom. The van der Waals surface area contributed by atoms with E-state index in [0.29, 0.717) is 11.8 Å². The van der Waals surface area contributed by atoms with E-state index in [1.165, 1.54) is 12.1 Å². The average Bonchev–Trinajstić information content (AvgIpc) is 3.07. The highest BCUT2D eigenvalue weighted by Crippen LogP contribution is 2.48. The second-order valence-corrected chi connectivity index (χ2v) is 6.74. The summed E-state index contributed by atoms with van der Waals surface area (Å²) < 4.78 is 14.2. The van der Waals surface area contributed by atoms with Gasteiger partial charge in [0.15, 0.2) is 0 Å². The Labute approximate surface area is 130 Å². The van der Waals surface area contributed by atoms with Crippen molar-refractivity contribution >= 4 is 11.6 Å². The monoisotopic (exact) mass is 306 g/mol. The first-order chi connectivity index (χ1) is 10.5. The number of fused-ring (bicyclic) bond motifs is 2. The highest BCUT2D eigenvalue weighted by Gasteiger charge is 2.47. The molecule has 2 saturated carbocycles. The van der Waals surface area contributed by atoms with Crippen LogP contribution in [0, 0.1) is 23.6 Å². The first-order valence-electron chi connectivity index (χ1n) is 7.90. The molecule has 120 valence electrons. The Morgan fingerprint density at radius 2 is 2.09 bits per heavy atom. The van der Waals surface area contributed by atoms with Crippen molar-refractivity contribution in [1.82, 2.24) is 5.32 Å². The minimum atomic E-state index is -0.507. The van der Waals surface area contributed by atoms with Crippen LogP contribution in [0.15, 0.2) is 18.2 Å². The molecule has 2 bridgehead atoms. The summed E-state index contributed by atoms with van der Waals surface area (Å²) in [7, 11) is 3.66. The molecule has 0 unspecified atom stereocenters. The van der Waals surface area contributed by atoms with Gasteiger partial charge in [-0.1, -0.05) is 0 Å². The number of benzene rings is 1. The number of carbonyl (C=O) groups excluding carboxylic acids is 1. The Hall–Kier alpha value is -1.62. The van der Waals surface area contributed by atoms with Gasteiger partial charge in [-0.25, -0.2) is 4.39 Å². The molecule has 5 heteroatoms. The summed E-state index contributed by atoms with van der Waals surface area (Å²) in [6.07, 6.45) is 3.29. The van der Waals surface area contributed by atoms with E-state index in [1.807, 2.05) is 14.1 Å². The molecule has 2 aliphatic rings. The van der Waals surface area contributed by atoms with E-state index in [4.69, 9.17) is 0 Å². The lowest BCUT2D eigenvalue weighted by Gasteiger charge is -2.30. The number of hydrogen-bond donors (Lipinski definition) is 2. The number of anilines is 1. The van der Waals surface area contributed by atoms with Gasteiger partial charge in [0.05, 0.1) is 5.56 Å². The van der Waals surface area contributed by atoms with Gasteiger partial charge in [-0.3, -0.25) is 4.79 Å². The Balaban J connectivity index is 1.75. The van der Waals surface area contributed by atoms with Crippen molar-refractivity contribution in [3.8, 4) is 0 Å².